The largest absolute Gasteiger partial charge is 0.507 e. The second kappa shape index (κ2) is 8.52. The molecule has 0 amide bonds. The van der Waals surface area contributed by atoms with Crippen molar-refractivity contribution in [1.82, 2.24) is 0 Å². The first-order valence-electron chi connectivity index (χ1n) is 8.71. The lowest BCUT2D eigenvalue weighted by atomic mass is 9.78. The molecule has 0 aliphatic carbocycles. The average Bonchev–Trinajstić information content (AvgIpc) is 2.46. The topological polar surface area (TPSA) is 55.8 Å². The molecular formula is C21H32O4. The molecule has 0 spiro atoms. The Bertz CT molecular complexity index is 581. The van der Waals surface area contributed by atoms with Gasteiger partial charge in [-0.2, -0.15) is 0 Å². The third-order valence-corrected chi connectivity index (χ3v) is 3.83. The van der Waals surface area contributed by atoms with Gasteiger partial charge < -0.3 is 14.6 Å². The van der Waals surface area contributed by atoms with Crippen LogP contribution in [0.3, 0.4) is 0 Å². The minimum absolute atomic E-state index is 0.165. The molecule has 1 aromatic carbocycles. The Morgan fingerprint density at radius 1 is 1.04 bits per heavy atom. The molecule has 140 valence electrons. The standard InChI is InChI=1S/C21H32O4/c1-8-9-18(22)25-11-10-24-14-15-12-16(20(2,3)4)19(23)17(13-15)21(5,6)7/h8-9,12-13,23H,10-11,14H2,1-7H3. The van der Waals surface area contributed by atoms with E-state index in [0.717, 1.165) is 16.7 Å². The summed E-state index contributed by atoms with van der Waals surface area (Å²) >= 11 is 0. The summed E-state index contributed by atoms with van der Waals surface area (Å²) in [6, 6.07) is 3.99. The number of hydrogen-bond acceptors (Lipinski definition) is 4. The second-order valence-electron chi connectivity index (χ2n) is 8.26. The first-order valence-corrected chi connectivity index (χ1v) is 8.71. The fourth-order valence-electron chi connectivity index (χ4n) is 2.50. The number of rotatable bonds is 6. The van der Waals surface area contributed by atoms with Crippen LogP contribution in [0.4, 0.5) is 0 Å². The van der Waals surface area contributed by atoms with Crippen LogP contribution >= 0.6 is 0 Å². The molecule has 0 heterocycles. The van der Waals surface area contributed by atoms with E-state index in [1.165, 1.54) is 6.08 Å². The molecule has 0 saturated heterocycles. The number of hydrogen-bond donors (Lipinski definition) is 1. The molecule has 0 bridgehead atoms. The molecule has 0 fully saturated rings. The van der Waals surface area contributed by atoms with E-state index in [-0.39, 0.29) is 23.4 Å². The highest BCUT2D eigenvalue weighted by atomic mass is 16.6. The Kier molecular flexibility index (Phi) is 7.24. The van der Waals surface area contributed by atoms with Crippen molar-refractivity contribution in [2.75, 3.05) is 13.2 Å². The molecule has 0 aromatic heterocycles. The maximum absolute atomic E-state index is 11.2. The fourth-order valence-corrected chi connectivity index (χ4v) is 2.50. The third kappa shape index (κ3) is 6.54. The van der Waals surface area contributed by atoms with Gasteiger partial charge in [0.15, 0.2) is 0 Å². The van der Waals surface area contributed by atoms with Crippen LogP contribution in [-0.2, 0) is 31.7 Å². The van der Waals surface area contributed by atoms with Crippen molar-refractivity contribution in [3.63, 3.8) is 0 Å². The highest BCUT2D eigenvalue weighted by Gasteiger charge is 2.26. The number of phenols is 1. The number of esters is 1. The van der Waals surface area contributed by atoms with Gasteiger partial charge in [-0.05, 0) is 46.6 Å². The van der Waals surface area contributed by atoms with Crippen LogP contribution in [0.1, 0.15) is 65.2 Å². The zero-order chi connectivity index (χ0) is 19.3. The average molecular weight is 348 g/mol. The van der Waals surface area contributed by atoms with E-state index in [0.29, 0.717) is 19.0 Å². The molecule has 0 radical (unpaired) electrons. The normalized spacial score (nSPS) is 12.6. The second-order valence-corrected chi connectivity index (χ2v) is 8.26. The van der Waals surface area contributed by atoms with Gasteiger partial charge in [0.1, 0.15) is 12.4 Å². The third-order valence-electron chi connectivity index (χ3n) is 3.83. The van der Waals surface area contributed by atoms with Crippen molar-refractivity contribution in [3.05, 3.63) is 41.0 Å². The molecule has 1 aromatic rings. The number of carbonyl (C=O) groups excluding carboxylic acids is 1. The molecule has 0 aliphatic heterocycles. The Balaban J connectivity index is 2.85. The molecule has 1 N–H and O–H groups in total. The number of phenolic OH excluding ortho intramolecular Hbond substituents is 1. The number of allylic oxidation sites excluding steroid dienone is 1. The Morgan fingerprint density at radius 3 is 2.00 bits per heavy atom. The number of aromatic hydroxyl groups is 1. The molecule has 0 atom stereocenters. The van der Waals surface area contributed by atoms with E-state index < -0.39 is 0 Å². The highest BCUT2D eigenvalue weighted by Crippen LogP contribution is 2.39. The van der Waals surface area contributed by atoms with Crippen molar-refractivity contribution in [2.24, 2.45) is 0 Å². The fraction of sp³-hybridized carbons (Fsp3) is 0.571. The predicted octanol–water partition coefficient (Wildman–Crippen LogP) is 4.62. The monoisotopic (exact) mass is 348 g/mol. The Morgan fingerprint density at radius 2 is 1.56 bits per heavy atom. The summed E-state index contributed by atoms with van der Waals surface area (Å²) in [7, 11) is 0. The van der Waals surface area contributed by atoms with Gasteiger partial charge in [-0.15, -0.1) is 0 Å². The maximum atomic E-state index is 11.2. The number of carbonyl (C=O) groups is 1. The number of ether oxygens (including phenoxy) is 2. The van der Waals surface area contributed by atoms with Crippen molar-refractivity contribution in [2.45, 2.75) is 65.9 Å². The van der Waals surface area contributed by atoms with Crippen LogP contribution in [-0.4, -0.2) is 24.3 Å². The van der Waals surface area contributed by atoms with Crippen LogP contribution in [0, 0.1) is 0 Å². The summed E-state index contributed by atoms with van der Waals surface area (Å²) in [5, 5.41) is 10.7. The maximum Gasteiger partial charge on any atom is 0.330 e. The molecule has 4 heteroatoms. The summed E-state index contributed by atoms with van der Waals surface area (Å²) in [5.74, 6) is 0.00445. The highest BCUT2D eigenvalue weighted by molar-refractivity contribution is 5.81. The van der Waals surface area contributed by atoms with Gasteiger partial charge in [-0.3, -0.25) is 0 Å². The van der Waals surface area contributed by atoms with E-state index in [1.54, 1.807) is 13.0 Å². The van der Waals surface area contributed by atoms with Crippen molar-refractivity contribution in [3.8, 4) is 5.75 Å². The van der Waals surface area contributed by atoms with Crippen LogP contribution in [0.5, 0.6) is 5.75 Å². The van der Waals surface area contributed by atoms with Crippen LogP contribution in [0.25, 0.3) is 0 Å². The molecule has 4 nitrogen and oxygen atoms in total. The quantitative estimate of drug-likeness (QED) is 0.463. The van der Waals surface area contributed by atoms with Gasteiger partial charge in [0.25, 0.3) is 0 Å². The molecule has 1 rings (SSSR count). The van der Waals surface area contributed by atoms with E-state index >= 15 is 0 Å². The smallest absolute Gasteiger partial charge is 0.330 e. The van der Waals surface area contributed by atoms with Crippen molar-refractivity contribution >= 4 is 5.97 Å². The van der Waals surface area contributed by atoms with Gasteiger partial charge in [0.2, 0.25) is 0 Å². The van der Waals surface area contributed by atoms with E-state index in [1.807, 2.05) is 12.1 Å². The number of benzene rings is 1. The van der Waals surface area contributed by atoms with Gasteiger partial charge in [-0.25, -0.2) is 4.79 Å². The molecule has 25 heavy (non-hydrogen) atoms. The van der Waals surface area contributed by atoms with Crippen molar-refractivity contribution in [1.29, 1.82) is 0 Å². The van der Waals surface area contributed by atoms with Crippen LogP contribution in [0.15, 0.2) is 24.3 Å². The van der Waals surface area contributed by atoms with Gasteiger partial charge in [0, 0.05) is 6.08 Å². The molecular weight excluding hydrogens is 316 g/mol. The first-order chi connectivity index (χ1) is 11.5. The zero-order valence-electron chi connectivity index (χ0n) is 16.6. The van der Waals surface area contributed by atoms with Crippen molar-refractivity contribution < 1.29 is 19.4 Å². The van der Waals surface area contributed by atoms with E-state index in [2.05, 4.69) is 41.5 Å². The summed E-state index contributed by atoms with van der Waals surface area (Å²) in [6.07, 6.45) is 3.02. The summed E-state index contributed by atoms with van der Waals surface area (Å²) < 4.78 is 10.6. The lowest BCUT2D eigenvalue weighted by Gasteiger charge is -2.28. The van der Waals surface area contributed by atoms with Gasteiger partial charge >= 0.3 is 5.97 Å². The molecule has 0 saturated carbocycles. The van der Waals surface area contributed by atoms with Crippen LogP contribution in [0.2, 0.25) is 0 Å². The first kappa shape index (κ1) is 21.2. The minimum atomic E-state index is -0.360. The van der Waals surface area contributed by atoms with Gasteiger partial charge in [-0.1, -0.05) is 47.6 Å². The molecule has 0 aliphatic rings. The summed E-state index contributed by atoms with van der Waals surface area (Å²) in [6.45, 7) is 15.2. The van der Waals surface area contributed by atoms with E-state index in [9.17, 15) is 9.90 Å². The summed E-state index contributed by atoms with van der Waals surface area (Å²) in [4.78, 5) is 11.2. The Hall–Kier alpha value is -1.81. The minimum Gasteiger partial charge on any atom is -0.507 e. The van der Waals surface area contributed by atoms with Crippen LogP contribution < -0.4 is 0 Å². The Labute approximate surface area is 151 Å². The lowest BCUT2D eigenvalue weighted by molar-refractivity contribution is -0.139. The van der Waals surface area contributed by atoms with E-state index in [4.69, 9.17) is 9.47 Å². The predicted molar refractivity (Wildman–Crippen MR) is 101 cm³/mol. The SMILES string of the molecule is CC=CC(=O)OCCOCc1cc(C(C)(C)C)c(O)c(C(C)(C)C)c1. The summed E-state index contributed by atoms with van der Waals surface area (Å²) in [5.41, 5.74) is 2.51. The molecule has 0 unspecified atom stereocenters. The zero-order valence-corrected chi connectivity index (χ0v) is 16.6. The van der Waals surface area contributed by atoms with Gasteiger partial charge in [0.05, 0.1) is 13.2 Å². The lowest BCUT2D eigenvalue weighted by Crippen LogP contribution is -2.18.